The van der Waals surface area contributed by atoms with E-state index in [-0.39, 0.29) is 5.78 Å². The lowest BCUT2D eigenvalue weighted by Gasteiger charge is -2.04. The summed E-state index contributed by atoms with van der Waals surface area (Å²) in [6.07, 6.45) is 3.51. The van der Waals surface area contributed by atoms with Gasteiger partial charge in [-0.25, -0.2) is 0 Å². The van der Waals surface area contributed by atoms with Gasteiger partial charge in [0.25, 0.3) is 0 Å². The van der Waals surface area contributed by atoms with Crippen LogP contribution in [0.5, 0.6) is 0 Å². The Kier molecular flexibility index (Phi) is 1.84. The Labute approximate surface area is 78.5 Å². The van der Waals surface area contributed by atoms with Gasteiger partial charge >= 0.3 is 0 Å². The number of carbonyl (C=O) groups excluding carboxylic acids is 1. The van der Waals surface area contributed by atoms with Crippen LogP contribution < -0.4 is 5.46 Å². The first-order chi connectivity index (χ1) is 6.18. The molecule has 0 heterocycles. The number of fused-ring (bicyclic) bond motifs is 1. The molecule has 0 amide bonds. The summed E-state index contributed by atoms with van der Waals surface area (Å²) in [5, 5.41) is 0. The van der Waals surface area contributed by atoms with Crippen molar-refractivity contribution in [2.45, 2.75) is 13.6 Å². The molecule has 0 saturated carbocycles. The summed E-state index contributed by atoms with van der Waals surface area (Å²) in [6, 6.07) is 6.11. The summed E-state index contributed by atoms with van der Waals surface area (Å²) in [6.45, 7) is 4.75. The molecule has 1 aromatic rings. The molecule has 0 N–H and O–H groups in total. The Morgan fingerprint density at radius 2 is 1.92 bits per heavy atom. The van der Waals surface area contributed by atoms with E-state index in [0.717, 1.165) is 11.1 Å². The van der Waals surface area contributed by atoms with Gasteiger partial charge in [0, 0.05) is 5.56 Å². The van der Waals surface area contributed by atoms with Crippen LogP contribution in [-0.4, -0.2) is 12.5 Å². The van der Waals surface area contributed by atoms with Crippen molar-refractivity contribution in [1.82, 2.24) is 0 Å². The summed E-state index contributed by atoms with van der Waals surface area (Å²) in [5.41, 5.74) is 3.14. The predicted molar refractivity (Wildman–Crippen MR) is 56.9 cm³/mol. The second-order valence-corrected chi connectivity index (χ2v) is 3.70. The van der Waals surface area contributed by atoms with E-state index in [1.54, 1.807) is 6.08 Å². The zero-order valence-electron chi connectivity index (χ0n) is 7.87. The van der Waals surface area contributed by atoms with Gasteiger partial charge in [-0.05, 0) is 11.6 Å². The molecule has 0 atom stereocenters. The molecule has 2 heteroatoms. The molecular formula is C11H11BO. The number of benzene rings is 1. The molecule has 0 saturated heterocycles. The highest BCUT2D eigenvalue weighted by molar-refractivity contribution is 6.70. The highest BCUT2D eigenvalue weighted by Crippen LogP contribution is 2.17. The molecule has 1 aromatic carbocycles. The number of allylic oxidation sites excluding steroid dienone is 1. The first kappa shape index (κ1) is 8.30. The number of carbonyl (C=O) groups is 1. The fourth-order valence-electron chi connectivity index (χ4n) is 1.55. The highest BCUT2D eigenvalue weighted by atomic mass is 16.1. The van der Waals surface area contributed by atoms with Crippen molar-refractivity contribution in [2.75, 3.05) is 0 Å². The van der Waals surface area contributed by atoms with Gasteiger partial charge in [0.15, 0.2) is 12.5 Å². The Balaban J connectivity index is 2.51. The molecular weight excluding hydrogens is 159 g/mol. The Hall–Kier alpha value is -1.31. The molecule has 1 nitrogen and oxygen atoms in total. The van der Waals surface area contributed by atoms with Crippen LogP contribution in [0.1, 0.15) is 15.9 Å². The SMILES string of the molecule is CB(C)c1ccc2c(c1)C(=O)C=C2. The van der Waals surface area contributed by atoms with Crippen molar-refractivity contribution in [2.24, 2.45) is 0 Å². The quantitative estimate of drug-likeness (QED) is 0.588. The van der Waals surface area contributed by atoms with Gasteiger partial charge < -0.3 is 0 Å². The van der Waals surface area contributed by atoms with Crippen LogP contribution in [0.25, 0.3) is 6.08 Å². The van der Waals surface area contributed by atoms with E-state index in [0.29, 0.717) is 6.71 Å². The Bertz CT molecular complexity index is 391. The van der Waals surface area contributed by atoms with Gasteiger partial charge in [0.05, 0.1) is 0 Å². The van der Waals surface area contributed by atoms with E-state index >= 15 is 0 Å². The number of rotatable bonds is 1. The van der Waals surface area contributed by atoms with E-state index in [2.05, 4.69) is 19.7 Å². The Morgan fingerprint density at radius 1 is 1.15 bits per heavy atom. The average molecular weight is 170 g/mol. The molecule has 0 bridgehead atoms. The summed E-state index contributed by atoms with van der Waals surface area (Å²) in [7, 11) is 0. The maximum absolute atomic E-state index is 11.4. The molecule has 1 aliphatic rings. The average Bonchev–Trinajstić information content (AvgIpc) is 2.47. The molecule has 1 aliphatic carbocycles. The molecule has 0 unspecified atom stereocenters. The third kappa shape index (κ3) is 1.33. The second kappa shape index (κ2) is 2.88. The van der Waals surface area contributed by atoms with Crippen LogP contribution in [0, 0.1) is 0 Å². The summed E-state index contributed by atoms with van der Waals surface area (Å²) >= 11 is 0. The minimum absolute atomic E-state index is 0.137. The third-order valence-corrected chi connectivity index (χ3v) is 2.42. The van der Waals surface area contributed by atoms with E-state index in [4.69, 9.17) is 0 Å². The van der Waals surface area contributed by atoms with Crippen molar-refractivity contribution < 1.29 is 4.79 Å². The van der Waals surface area contributed by atoms with Gasteiger partial charge in [-0.3, -0.25) is 4.79 Å². The molecule has 0 radical (unpaired) electrons. The van der Waals surface area contributed by atoms with Crippen molar-refractivity contribution in [3.63, 3.8) is 0 Å². The zero-order valence-corrected chi connectivity index (χ0v) is 7.87. The lowest BCUT2D eigenvalue weighted by molar-refractivity contribution is 0.105. The molecule has 0 aromatic heterocycles. The smallest absolute Gasteiger partial charge is 0.186 e. The second-order valence-electron chi connectivity index (χ2n) is 3.70. The van der Waals surface area contributed by atoms with Gasteiger partial charge in [-0.15, -0.1) is 0 Å². The maximum atomic E-state index is 11.4. The molecule has 2 rings (SSSR count). The minimum Gasteiger partial charge on any atom is -0.289 e. The molecule has 0 fully saturated rings. The van der Waals surface area contributed by atoms with Crippen molar-refractivity contribution in [3.05, 3.63) is 35.4 Å². The first-order valence-electron chi connectivity index (χ1n) is 4.55. The van der Waals surface area contributed by atoms with Crippen LogP contribution in [0.3, 0.4) is 0 Å². The van der Waals surface area contributed by atoms with E-state index in [1.165, 1.54) is 5.46 Å². The molecule has 13 heavy (non-hydrogen) atoms. The summed E-state index contributed by atoms with van der Waals surface area (Å²) in [4.78, 5) is 11.4. The fourth-order valence-corrected chi connectivity index (χ4v) is 1.55. The number of ketones is 1. The normalized spacial score (nSPS) is 13.2. The van der Waals surface area contributed by atoms with E-state index in [9.17, 15) is 4.79 Å². The fraction of sp³-hybridized carbons (Fsp3) is 0.182. The highest BCUT2D eigenvalue weighted by Gasteiger charge is 2.14. The van der Waals surface area contributed by atoms with Crippen molar-refractivity contribution >= 4 is 24.0 Å². The van der Waals surface area contributed by atoms with E-state index in [1.807, 2.05) is 18.2 Å². The van der Waals surface area contributed by atoms with Crippen LogP contribution in [0.15, 0.2) is 24.3 Å². The van der Waals surface area contributed by atoms with Crippen molar-refractivity contribution in [1.29, 1.82) is 0 Å². The van der Waals surface area contributed by atoms with Crippen LogP contribution in [-0.2, 0) is 0 Å². The van der Waals surface area contributed by atoms with Gasteiger partial charge in [0.1, 0.15) is 0 Å². The molecule has 64 valence electrons. The van der Waals surface area contributed by atoms with Gasteiger partial charge in [-0.1, -0.05) is 43.4 Å². The predicted octanol–water partition coefficient (Wildman–Crippen LogP) is 1.86. The van der Waals surface area contributed by atoms with Gasteiger partial charge in [-0.2, -0.15) is 0 Å². The maximum Gasteiger partial charge on any atom is 0.186 e. The van der Waals surface area contributed by atoms with E-state index < -0.39 is 0 Å². The monoisotopic (exact) mass is 170 g/mol. The van der Waals surface area contributed by atoms with Crippen LogP contribution >= 0.6 is 0 Å². The first-order valence-corrected chi connectivity index (χ1v) is 4.55. The number of hydrogen-bond donors (Lipinski definition) is 0. The minimum atomic E-state index is 0.137. The molecule has 0 aliphatic heterocycles. The van der Waals surface area contributed by atoms with Crippen LogP contribution in [0.4, 0.5) is 0 Å². The van der Waals surface area contributed by atoms with Crippen LogP contribution in [0.2, 0.25) is 13.6 Å². The molecule has 0 spiro atoms. The lowest BCUT2D eigenvalue weighted by atomic mass is 9.49. The largest absolute Gasteiger partial charge is 0.289 e. The van der Waals surface area contributed by atoms with Gasteiger partial charge in [0.2, 0.25) is 0 Å². The lowest BCUT2D eigenvalue weighted by Crippen LogP contribution is -2.23. The zero-order chi connectivity index (χ0) is 9.42. The Morgan fingerprint density at radius 3 is 2.62 bits per heavy atom. The standard InChI is InChI=1S/C11H11BO/c1-12(2)9-5-3-8-4-6-11(13)10(8)7-9/h3-7H,1-2H3. The third-order valence-electron chi connectivity index (χ3n) is 2.42. The number of hydrogen-bond acceptors (Lipinski definition) is 1. The summed E-state index contributed by atoms with van der Waals surface area (Å²) < 4.78 is 0. The topological polar surface area (TPSA) is 17.1 Å². The van der Waals surface area contributed by atoms with Crippen molar-refractivity contribution in [3.8, 4) is 0 Å². The summed E-state index contributed by atoms with van der Waals surface area (Å²) in [5.74, 6) is 0.137.